The van der Waals surface area contributed by atoms with Gasteiger partial charge in [-0.1, -0.05) is 17.7 Å². The first-order valence-electron chi connectivity index (χ1n) is 9.05. The predicted molar refractivity (Wildman–Crippen MR) is 104 cm³/mol. The van der Waals surface area contributed by atoms with E-state index in [1.165, 1.54) is 18.2 Å². The molecule has 0 bridgehead atoms. The van der Waals surface area contributed by atoms with E-state index < -0.39 is 23.6 Å². The van der Waals surface area contributed by atoms with Crippen LogP contribution in [0.15, 0.2) is 40.9 Å². The summed E-state index contributed by atoms with van der Waals surface area (Å²) in [6.45, 7) is 2.46. The molecule has 0 spiro atoms. The second-order valence-electron chi connectivity index (χ2n) is 6.68. The smallest absolute Gasteiger partial charge is 0.416 e. The minimum atomic E-state index is -4.62. The average Bonchev–Trinajstić information content (AvgIpc) is 2.65. The highest BCUT2D eigenvalue weighted by molar-refractivity contribution is 6.29. The molecule has 0 amide bonds. The van der Waals surface area contributed by atoms with Crippen molar-refractivity contribution < 1.29 is 22.7 Å². The molecule has 10 heteroatoms. The van der Waals surface area contributed by atoms with E-state index in [-0.39, 0.29) is 35.3 Å². The van der Waals surface area contributed by atoms with E-state index in [0.717, 1.165) is 6.07 Å². The Morgan fingerprint density at radius 2 is 2.03 bits per heavy atom. The summed E-state index contributed by atoms with van der Waals surface area (Å²) in [5.41, 5.74) is 16.4. The Morgan fingerprint density at radius 1 is 1.34 bits per heavy atom. The van der Waals surface area contributed by atoms with Crippen LogP contribution in [-0.2, 0) is 10.9 Å². The predicted octanol–water partition coefficient (Wildman–Crippen LogP) is 3.19. The topological polar surface area (TPSA) is 108 Å². The number of benzene rings is 1. The molecular formula is C19H24ClF3N4O2. The van der Waals surface area contributed by atoms with Crippen LogP contribution in [0.5, 0.6) is 0 Å². The zero-order chi connectivity index (χ0) is 21.8. The largest absolute Gasteiger partial charge is 0.462 e. The summed E-state index contributed by atoms with van der Waals surface area (Å²) in [5.74, 6) is -1.27. The molecule has 6 nitrogen and oxygen atoms in total. The molecule has 1 aromatic carbocycles. The summed E-state index contributed by atoms with van der Waals surface area (Å²) in [6, 6.07) is 3.54. The van der Waals surface area contributed by atoms with Crippen molar-refractivity contribution >= 4 is 17.6 Å². The number of likely N-dealkylation sites (tertiary alicyclic amines) is 1. The van der Waals surface area contributed by atoms with Gasteiger partial charge >= 0.3 is 12.1 Å². The summed E-state index contributed by atoms with van der Waals surface area (Å²) in [5, 5.41) is -0.0368. The highest BCUT2D eigenvalue weighted by atomic mass is 35.5. The molecule has 1 atom stereocenters. The average molecular weight is 433 g/mol. The van der Waals surface area contributed by atoms with Gasteiger partial charge in [0.05, 0.1) is 23.4 Å². The van der Waals surface area contributed by atoms with Crippen molar-refractivity contribution in [2.24, 2.45) is 17.2 Å². The fraction of sp³-hybridized carbons (Fsp3) is 0.421. The van der Waals surface area contributed by atoms with Crippen molar-refractivity contribution in [1.82, 2.24) is 4.90 Å². The van der Waals surface area contributed by atoms with E-state index >= 15 is 0 Å². The van der Waals surface area contributed by atoms with Crippen LogP contribution in [0.4, 0.5) is 13.2 Å². The number of ether oxygens (including phenoxy) is 1. The Bertz CT molecular complexity index is 816. The highest BCUT2D eigenvalue weighted by Crippen LogP contribution is 2.39. The zero-order valence-electron chi connectivity index (χ0n) is 15.9. The summed E-state index contributed by atoms with van der Waals surface area (Å²) in [4.78, 5) is 13.6. The standard InChI is InChI=1S/C19H24ClF3N4O2/c1-2-29-18(28)11-5-6-13(14(8-11)19(21,22)23)12-4-3-7-27(10-12)15(17(25)26)9-16(20)24/h5-6,8-9,12H,2-4,7,10,24-26H2,1H3/b16-9-. The van der Waals surface area contributed by atoms with Crippen molar-refractivity contribution in [1.29, 1.82) is 0 Å². The quantitative estimate of drug-likeness (QED) is 0.374. The van der Waals surface area contributed by atoms with Crippen molar-refractivity contribution in [3.63, 3.8) is 0 Å². The SMILES string of the molecule is CCOC(=O)c1ccc(C2CCCN(C(/C=C(\N)Cl)=C(N)N)C2)c(C(F)(F)F)c1. The molecule has 1 heterocycles. The van der Waals surface area contributed by atoms with Crippen LogP contribution in [0.1, 0.15) is 47.2 Å². The first kappa shape index (κ1) is 22.7. The van der Waals surface area contributed by atoms with Gasteiger partial charge in [0.25, 0.3) is 0 Å². The lowest BCUT2D eigenvalue weighted by Gasteiger charge is -2.36. The van der Waals surface area contributed by atoms with E-state index in [1.54, 1.807) is 11.8 Å². The fourth-order valence-electron chi connectivity index (χ4n) is 3.44. The molecular weight excluding hydrogens is 409 g/mol. The Morgan fingerprint density at radius 3 is 2.59 bits per heavy atom. The lowest BCUT2D eigenvalue weighted by atomic mass is 9.86. The molecule has 29 heavy (non-hydrogen) atoms. The molecule has 6 N–H and O–H groups in total. The summed E-state index contributed by atoms with van der Waals surface area (Å²) in [6.07, 6.45) is -2.08. The molecule has 1 unspecified atom stereocenters. The van der Waals surface area contributed by atoms with E-state index in [1.807, 2.05) is 0 Å². The number of halogens is 4. The summed E-state index contributed by atoms with van der Waals surface area (Å²) < 4.78 is 46.0. The summed E-state index contributed by atoms with van der Waals surface area (Å²) in [7, 11) is 0. The number of hydrogen-bond acceptors (Lipinski definition) is 6. The lowest BCUT2D eigenvalue weighted by Crippen LogP contribution is -2.36. The van der Waals surface area contributed by atoms with Crippen LogP contribution in [0.3, 0.4) is 0 Å². The Kier molecular flexibility index (Phi) is 7.29. The maximum Gasteiger partial charge on any atom is 0.416 e. The van der Waals surface area contributed by atoms with Crippen LogP contribution < -0.4 is 17.2 Å². The van der Waals surface area contributed by atoms with E-state index in [0.29, 0.717) is 25.1 Å². The van der Waals surface area contributed by atoms with Crippen molar-refractivity contribution in [2.75, 3.05) is 19.7 Å². The van der Waals surface area contributed by atoms with Gasteiger partial charge in [-0.15, -0.1) is 0 Å². The first-order valence-corrected chi connectivity index (χ1v) is 9.43. The molecule has 2 rings (SSSR count). The number of allylic oxidation sites excluding steroid dienone is 1. The number of esters is 1. The maximum absolute atomic E-state index is 13.7. The minimum Gasteiger partial charge on any atom is -0.462 e. The third kappa shape index (κ3) is 5.72. The Balaban J connectivity index is 2.41. The molecule has 1 saturated heterocycles. The normalized spacial score (nSPS) is 17.8. The third-order valence-corrected chi connectivity index (χ3v) is 4.75. The third-order valence-electron chi connectivity index (χ3n) is 4.64. The molecule has 1 aliphatic heterocycles. The monoisotopic (exact) mass is 432 g/mol. The number of carbonyl (C=O) groups is 1. The Labute approximate surface area is 172 Å². The molecule has 160 valence electrons. The van der Waals surface area contributed by atoms with Gasteiger partial charge in [-0.25, -0.2) is 4.79 Å². The molecule has 0 aliphatic carbocycles. The van der Waals surface area contributed by atoms with Crippen molar-refractivity contribution in [3.8, 4) is 0 Å². The number of alkyl halides is 3. The number of nitrogens with two attached hydrogens (primary N) is 3. The van der Waals surface area contributed by atoms with Gasteiger partial charge in [-0.3, -0.25) is 0 Å². The van der Waals surface area contributed by atoms with E-state index in [4.69, 9.17) is 33.5 Å². The molecule has 0 saturated carbocycles. The van der Waals surface area contributed by atoms with Gasteiger partial charge in [0.15, 0.2) is 0 Å². The van der Waals surface area contributed by atoms with Gasteiger partial charge in [-0.05, 0) is 43.5 Å². The number of nitrogens with zero attached hydrogens (tertiary/aromatic N) is 1. The number of piperidine rings is 1. The van der Waals surface area contributed by atoms with Gasteiger partial charge < -0.3 is 26.8 Å². The van der Waals surface area contributed by atoms with Gasteiger partial charge in [-0.2, -0.15) is 13.2 Å². The van der Waals surface area contributed by atoms with Crippen LogP contribution in [-0.4, -0.2) is 30.6 Å². The van der Waals surface area contributed by atoms with Crippen LogP contribution in [0, 0.1) is 0 Å². The fourth-order valence-corrected chi connectivity index (χ4v) is 3.54. The van der Waals surface area contributed by atoms with E-state index in [2.05, 4.69) is 0 Å². The maximum atomic E-state index is 13.7. The Hall–Kier alpha value is -2.55. The first-order chi connectivity index (χ1) is 13.5. The lowest BCUT2D eigenvalue weighted by molar-refractivity contribution is -0.138. The minimum absolute atomic E-state index is 0.0250. The summed E-state index contributed by atoms with van der Waals surface area (Å²) >= 11 is 5.72. The molecule has 1 aromatic rings. The van der Waals surface area contributed by atoms with E-state index in [9.17, 15) is 18.0 Å². The molecule has 1 fully saturated rings. The van der Waals surface area contributed by atoms with Crippen molar-refractivity contribution in [3.05, 3.63) is 57.6 Å². The van der Waals surface area contributed by atoms with Gasteiger partial charge in [0.1, 0.15) is 11.0 Å². The van der Waals surface area contributed by atoms with Crippen LogP contribution in [0.2, 0.25) is 0 Å². The number of carbonyl (C=O) groups excluding carboxylic acids is 1. The molecule has 0 aromatic heterocycles. The molecule has 1 aliphatic rings. The van der Waals surface area contributed by atoms with Gasteiger partial charge in [0.2, 0.25) is 0 Å². The van der Waals surface area contributed by atoms with Crippen LogP contribution >= 0.6 is 11.6 Å². The second kappa shape index (κ2) is 9.30. The molecule has 0 radical (unpaired) electrons. The van der Waals surface area contributed by atoms with Gasteiger partial charge in [0, 0.05) is 19.0 Å². The number of rotatable bonds is 5. The highest BCUT2D eigenvalue weighted by Gasteiger charge is 2.37. The van der Waals surface area contributed by atoms with Crippen LogP contribution in [0.25, 0.3) is 0 Å². The van der Waals surface area contributed by atoms with Crippen molar-refractivity contribution in [2.45, 2.75) is 31.9 Å². The zero-order valence-corrected chi connectivity index (χ0v) is 16.7. The second-order valence-corrected chi connectivity index (χ2v) is 7.11. The number of hydrogen-bond donors (Lipinski definition) is 3.